The van der Waals surface area contributed by atoms with Crippen molar-refractivity contribution >= 4 is 11.8 Å². The van der Waals surface area contributed by atoms with Crippen molar-refractivity contribution in [3.05, 3.63) is 96.1 Å². The Morgan fingerprint density at radius 2 is 1.45 bits per heavy atom. The van der Waals surface area contributed by atoms with Gasteiger partial charge >= 0.3 is 6.18 Å². The Bertz CT molecular complexity index is 1030. The fourth-order valence-electron chi connectivity index (χ4n) is 3.03. The minimum Gasteiger partial charge on any atom is -0.332 e. The number of nitrogens with zero attached hydrogens (tertiary/aromatic N) is 1. The summed E-state index contributed by atoms with van der Waals surface area (Å²) < 4.78 is 38.8. The maximum Gasteiger partial charge on any atom is 0.416 e. The molecule has 0 aliphatic heterocycles. The minimum atomic E-state index is -4.34. The molecule has 0 aliphatic carbocycles. The van der Waals surface area contributed by atoms with Gasteiger partial charge in [0.25, 0.3) is 0 Å². The lowest BCUT2D eigenvalue weighted by Crippen LogP contribution is -2.04. The molecule has 1 heterocycles. The fourth-order valence-corrected chi connectivity index (χ4v) is 3.84. The molecule has 0 bridgehead atoms. The zero-order chi connectivity index (χ0) is 20.3. The summed E-state index contributed by atoms with van der Waals surface area (Å²) in [5, 5.41) is 0.667. The van der Waals surface area contributed by atoms with Gasteiger partial charge in [-0.15, -0.1) is 0 Å². The summed E-state index contributed by atoms with van der Waals surface area (Å²) in [6, 6.07) is 25.1. The number of hydrogen-bond donors (Lipinski definition) is 1. The molecule has 4 rings (SSSR count). The zero-order valence-electron chi connectivity index (χ0n) is 15.3. The summed E-state index contributed by atoms with van der Waals surface area (Å²) in [5.74, 6) is 0.389. The second-order valence-electron chi connectivity index (χ2n) is 6.48. The van der Waals surface area contributed by atoms with E-state index in [1.807, 2.05) is 60.7 Å². The van der Waals surface area contributed by atoms with Gasteiger partial charge in [-0.1, -0.05) is 90.6 Å². The van der Waals surface area contributed by atoms with Gasteiger partial charge < -0.3 is 4.98 Å². The Balaban J connectivity index is 1.63. The SMILES string of the molecule is FC(F)(F)c1cccc(CSc2nc(-c3ccccc3)c(-c3ccccc3)[nH]2)c1. The van der Waals surface area contributed by atoms with Crippen LogP contribution in [0.25, 0.3) is 22.5 Å². The van der Waals surface area contributed by atoms with Gasteiger partial charge in [-0.05, 0) is 11.6 Å². The van der Waals surface area contributed by atoms with Gasteiger partial charge in [0, 0.05) is 16.9 Å². The van der Waals surface area contributed by atoms with Crippen molar-refractivity contribution in [1.82, 2.24) is 9.97 Å². The minimum absolute atomic E-state index is 0.389. The van der Waals surface area contributed by atoms with Gasteiger partial charge in [0.15, 0.2) is 5.16 Å². The highest BCUT2D eigenvalue weighted by atomic mass is 32.2. The Kier molecular flexibility index (Phi) is 5.45. The van der Waals surface area contributed by atoms with Crippen molar-refractivity contribution in [3.8, 4) is 22.5 Å². The Morgan fingerprint density at radius 3 is 2.10 bits per heavy atom. The summed E-state index contributed by atoms with van der Waals surface area (Å²) >= 11 is 1.38. The van der Waals surface area contributed by atoms with Crippen LogP contribution in [0.5, 0.6) is 0 Å². The molecule has 0 spiro atoms. The summed E-state index contributed by atoms with van der Waals surface area (Å²) in [4.78, 5) is 8.07. The van der Waals surface area contributed by atoms with Crippen molar-refractivity contribution in [1.29, 1.82) is 0 Å². The maximum atomic E-state index is 12.9. The Labute approximate surface area is 170 Å². The summed E-state index contributed by atoms with van der Waals surface area (Å²) in [6.07, 6.45) is -4.34. The van der Waals surface area contributed by atoms with Crippen molar-refractivity contribution < 1.29 is 13.2 Å². The molecular formula is C23H17F3N2S. The molecule has 4 aromatic rings. The highest BCUT2D eigenvalue weighted by Crippen LogP contribution is 2.34. The number of H-pyrrole nitrogens is 1. The molecule has 0 amide bonds. The van der Waals surface area contributed by atoms with E-state index in [-0.39, 0.29) is 0 Å². The van der Waals surface area contributed by atoms with Crippen LogP contribution in [0.2, 0.25) is 0 Å². The molecule has 0 saturated carbocycles. The van der Waals surface area contributed by atoms with Crippen LogP contribution in [0.15, 0.2) is 90.1 Å². The van der Waals surface area contributed by atoms with E-state index in [1.165, 1.54) is 23.9 Å². The topological polar surface area (TPSA) is 28.7 Å². The van der Waals surface area contributed by atoms with Gasteiger partial charge in [-0.25, -0.2) is 4.98 Å². The predicted molar refractivity (Wildman–Crippen MR) is 110 cm³/mol. The Morgan fingerprint density at radius 1 is 0.793 bits per heavy atom. The number of benzene rings is 3. The molecule has 0 saturated heterocycles. The van der Waals surface area contributed by atoms with Crippen molar-refractivity contribution in [3.63, 3.8) is 0 Å². The van der Waals surface area contributed by atoms with Crippen LogP contribution < -0.4 is 0 Å². The summed E-state index contributed by atoms with van der Waals surface area (Å²) in [6.45, 7) is 0. The number of thioether (sulfide) groups is 1. The number of alkyl halides is 3. The van der Waals surface area contributed by atoms with Crippen molar-refractivity contribution in [2.45, 2.75) is 17.1 Å². The molecule has 0 atom stereocenters. The first-order valence-corrected chi connectivity index (χ1v) is 9.99. The van der Waals surface area contributed by atoms with Crippen LogP contribution in [-0.2, 0) is 11.9 Å². The van der Waals surface area contributed by atoms with Gasteiger partial charge in [-0.3, -0.25) is 0 Å². The maximum absolute atomic E-state index is 12.9. The van der Waals surface area contributed by atoms with E-state index in [4.69, 9.17) is 4.98 Å². The van der Waals surface area contributed by atoms with Crippen molar-refractivity contribution in [2.75, 3.05) is 0 Å². The van der Waals surface area contributed by atoms with Crippen molar-refractivity contribution in [2.24, 2.45) is 0 Å². The van der Waals surface area contributed by atoms with Crippen LogP contribution in [0.4, 0.5) is 13.2 Å². The molecule has 1 aromatic heterocycles. The number of aromatic nitrogens is 2. The van der Waals surface area contributed by atoms with E-state index >= 15 is 0 Å². The van der Waals surface area contributed by atoms with E-state index < -0.39 is 11.7 Å². The molecule has 0 unspecified atom stereocenters. The third kappa shape index (κ3) is 4.54. The van der Waals surface area contributed by atoms with E-state index in [2.05, 4.69) is 4.98 Å². The number of aromatic amines is 1. The molecule has 146 valence electrons. The Hall–Kier alpha value is -2.99. The molecule has 29 heavy (non-hydrogen) atoms. The van der Waals surface area contributed by atoms with Crippen LogP contribution in [0, 0.1) is 0 Å². The first-order chi connectivity index (χ1) is 14.0. The second kappa shape index (κ2) is 8.17. The number of imidazole rings is 1. The van der Waals surface area contributed by atoms with Gasteiger partial charge in [-0.2, -0.15) is 13.2 Å². The second-order valence-corrected chi connectivity index (χ2v) is 7.45. The number of nitrogens with one attached hydrogen (secondary N) is 1. The lowest BCUT2D eigenvalue weighted by Gasteiger charge is -2.08. The van der Waals surface area contributed by atoms with E-state index in [0.29, 0.717) is 16.5 Å². The third-order valence-corrected chi connectivity index (χ3v) is 5.37. The molecule has 1 N–H and O–H groups in total. The zero-order valence-corrected chi connectivity index (χ0v) is 16.1. The fraction of sp³-hybridized carbons (Fsp3) is 0.0870. The number of hydrogen-bond acceptors (Lipinski definition) is 2. The lowest BCUT2D eigenvalue weighted by molar-refractivity contribution is -0.137. The molecule has 3 aromatic carbocycles. The lowest BCUT2D eigenvalue weighted by atomic mass is 10.1. The van der Waals surface area contributed by atoms with E-state index in [1.54, 1.807) is 6.07 Å². The third-order valence-electron chi connectivity index (χ3n) is 4.42. The van der Waals surface area contributed by atoms with Gasteiger partial charge in [0.05, 0.1) is 17.0 Å². The quantitative estimate of drug-likeness (QED) is 0.357. The molecular weight excluding hydrogens is 393 g/mol. The largest absolute Gasteiger partial charge is 0.416 e. The van der Waals surface area contributed by atoms with E-state index in [9.17, 15) is 13.2 Å². The first-order valence-electron chi connectivity index (χ1n) is 9.00. The molecule has 0 fully saturated rings. The highest BCUT2D eigenvalue weighted by molar-refractivity contribution is 7.98. The molecule has 0 radical (unpaired) electrons. The van der Waals surface area contributed by atoms with Crippen LogP contribution in [0.1, 0.15) is 11.1 Å². The molecule has 2 nitrogen and oxygen atoms in total. The van der Waals surface area contributed by atoms with Gasteiger partial charge in [0.2, 0.25) is 0 Å². The average Bonchev–Trinajstić information content (AvgIpc) is 3.18. The van der Waals surface area contributed by atoms with Crippen LogP contribution >= 0.6 is 11.8 Å². The number of rotatable bonds is 5. The highest BCUT2D eigenvalue weighted by Gasteiger charge is 2.30. The van der Waals surface area contributed by atoms with Gasteiger partial charge in [0.1, 0.15) is 0 Å². The smallest absolute Gasteiger partial charge is 0.332 e. The average molecular weight is 410 g/mol. The molecule has 6 heteroatoms. The summed E-state index contributed by atoms with van der Waals surface area (Å²) in [7, 11) is 0. The standard InChI is InChI=1S/C23H17F3N2S/c24-23(25,26)19-13-7-8-16(14-19)15-29-22-27-20(17-9-3-1-4-10-17)21(28-22)18-11-5-2-6-12-18/h1-14H,15H2,(H,27,28). The monoisotopic (exact) mass is 410 g/mol. The predicted octanol–water partition coefficient (Wildman–Crippen LogP) is 7.05. The first kappa shape index (κ1) is 19.3. The van der Waals surface area contributed by atoms with Crippen LogP contribution in [-0.4, -0.2) is 9.97 Å². The number of halogens is 3. The normalized spacial score (nSPS) is 11.6. The van der Waals surface area contributed by atoms with E-state index in [0.717, 1.165) is 28.6 Å². The molecule has 0 aliphatic rings. The van der Waals surface area contributed by atoms with Crippen LogP contribution in [0.3, 0.4) is 0 Å². The summed E-state index contributed by atoms with van der Waals surface area (Å²) in [5.41, 5.74) is 3.67.